The Bertz CT molecular complexity index is 634. The lowest BCUT2D eigenvalue weighted by molar-refractivity contribution is -0.117. The fourth-order valence-corrected chi connectivity index (χ4v) is 1.80. The Hall–Kier alpha value is -2.76. The molecule has 1 aromatic carbocycles. The first kappa shape index (κ1) is 13.7. The number of amides is 1. The molecule has 0 saturated carbocycles. The molecule has 0 aliphatic carbocycles. The number of furan rings is 1. The fraction of sp³-hybridized carbons (Fsp3) is 0.143. The topological polar surface area (TPSA) is 106 Å². The molecule has 0 unspecified atom stereocenters. The Kier molecular flexibility index (Phi) is 4.05. The molecule has 20 heavy (non-hydrogen) atoms. The summed E-state index contributed by atoms with van der Waals surface area (Å²) in [4.78, 5) is 21.7. The Morgan fingerprint density at radius 1 is 1.20 bits per heavy atom. The SMILES string of the molecule is NC(=O)Cc1ccccc1NCc1ccc(C(=O)O)o1. The largest absolute Gasteiger partial charge is 0.475 e. The van der Waals surface area contributed by atoms with Crippen molar-refractivity contribution in [2.45, 2.75) is 13.0 Å². The Morgan fingerprint density at radius 2 is 1.95 bits per heavy atom. The summed E-state index contributed by atoms with van der Waals surface area (Å²) >= 11 is 0. The number of aromatic carboxylic acids is 1. The predicted octanol–water partition coefficient (Wildman–Crippen LogP) is 1.62. The molecule has 0 spiro atoms. The van der Waals surface area contributed by atoms with E-state index in [0.29, 0.717) is 12.3 Å². The van der Waals surface area contributed by atoms with Crippen LogP contribution in [-0.4, -0.2) is 17.0 Å². The maximum Gasteiger partial charge on any atom is 0.371 e. The van der Waals surface area contributed by atoms with Crippen molar-refractivity contribution in [1.29, 1.82) is 0 Å². The van der Waals surface area contributed by atoms with Crippen LogP contribution in [0.3, 0.4) is 0 Å². The average molecular weight is 274 g/mol. The number of para-hydroxylation sites is 1. The Labute approximate surface area is 115 Å². The van der Waals surface area contributed by atoms with E-state index >= 15 is 0 Å². The van der Waals surface area contributed by atoms with E-state index in [1.807, 2.05) is 18.2 Å². The van der Waals surface area contributed by atoms with Crippen molar-refractivity contribution < 1.29 is 19.1 Å². The van der Waals surface area contributed by atoms with Crippen LogP contribution in [-0.2, 0) is 17.8 Å². The second-order valence-electron chi connectivity index (χ2n) is 4.22. The number of benzene rings is 1. The second-order valence-corrected chi connectivity index (χ2v) is 4.22. The molecule has 0 aliphatic rings. The van der Waals surface area contributed by atoms with E-state index in [0.717, 1.165) is 11.3 Å². The average Bonchev–Trinajstić information content (AvgIpc) is 2.86. The summed E-state index contributed by atoms with van der Waals surface area (Å²) in [5.41, 5.74) is 6.73. The molecule has 1 aromatic heterocycles. The molecule has 0 radical (unpaired) electrons. The molecule has 0 aliphatic heterocycles. The van der Waals surface area contributed by atoms with Gasteiger partial charge in [0.1, 0.15) is 5.76 Å². The number of rotatable bonds is 6. The molecule has 6 nitrogen and oxygen atoms in total. The lowest BCUT2D eigenvalue weighted by Crippen LogP contribution is -2.15. The highest BCUT2D eigenvalue weighted by molar-refractivity contribution is 5.84. The van der Waals surface area contributed by atoms with Gasteiger partial charge in [0.15, 0.2) is 0 Å². The zero-order valence-electron chi connectivity index (χ0n) is 10.6. The van der Waals surface area contributed by atoms with Gasteiger partial charge in [0.05, 0.1) is 13.0 Å². The van der Waals surface area contributed by atoms with Crippen LogP contribution in [0.4, 0.5) is 5.69 Å². The van der Waals surface area contributed by atoms with Crippen LogP contribution in [0.1, 0.15) is 21.9 Å². The van der Waals surface area contributed by atoms with E-state index in [-0.39, 0.29) is 12.2 Å². The maximum absolute atomic E-state index is 11.0. The van der Waals surface area contributed by atoms with E-state index in [2.05, 4.69) is 5.32 Å². The quantitative estimate of drug-likeness (QED) is 0.742. The summed E-state index contributed by atoms with van der Waals surface area (Å²) in [6.45, 7) is 0.322. The summed E-state index contributed by atoms with van der Waals surface area (Å²) in [7, 11) is 0. The number of nitrogens with two attached hydrogens (primary N) is 1. The fourth-order valence-electron chi connectivity index (χ4n) is 1.80. The zero-order valence-corrected chi connectivity index (χ0v) is 10.6. The van der Waals surface area contributed by atoms with Gasteiger partial charge >= 0.3 is 5.97 Å². The molecule has 4 N–H and O–H groups in total. The number of carboxylic acid groups (broad SMARTS) is 1. The second kappa shape index (κ2) is 5.92. The molecule has 2 rings (SSSR count). The first-order valence-corrected chi connectivity index (χ1v) is 5.98. The Morgan fingerprint density at radius 3 is 2.60 bits per heavy atom. The van der Waals surface area contributed by atoms with Crippen molar-refractivity contribution in [2.24, 2.45) is 5.73 Å². The van der Waals surface area contributed by atoms with Crippen LogP contribution in [0.2, 0.25) is 0 Å². The summed E-state index contributed by atoms with van der Waals surface area (Å²) in [5.74, 6) is -1.13. The van der Waals surface area contributed by atoms with Crippen molar-refractivity contribution in [2.75, 3.05) is 5.32 Å². The third-order valence-corrected chi connectivity index (χ3v) is 2.71. The van der Waals surface area contributed by atoms with E-state index in [1.54, 1.807) is 12.1 Å². The molecule has 0 saturated heterocycles. The number of anilines is 1. The van der Waals surface area contributed by atoms with Gasteiger partial charge in [0, 0.05) is 5.69 Å². The van der Waals surface area contributed by atoms with Crippen molar-refractivity contribution in [3.05, 3.63) is 53.5 Å². The lowest BCUT2D eigenvalue weighted by atomic mass is 10.1. The minimum atomic E-state index is -1.11. The van der Waals surface area contributed by atoms with Gasteiger partial charge in [-0.05, 0) is 23.8 Å². The van der Waals surface area contributed by atoms with E-state index < -0.39 is 11.9 Å². The molecule has 0 bridgehead atoms. The van der Waals surface area contributed by atoms with Crippen LogP contribution >= 0.6 is 0 Å². The van der Waals surface area contributed by atoms with Gasteiger partial charge < -0.3 is 20.6 Å². The summed E-state index contributed by atoms with van der Waals surface area (Å²) in [6, 6.07) is 10.3. The molecule has 1 amide bonds. The first-order chi connectivity index (χ1) is 9.56. The van der Waals surface area contributed by atoms with Crippen LogP contribution in [0, 0.1) is 0 Å². The molecule has 2 aromatic rings. The number of carboxylic acids is 1. The van der Waals surface area contributed by atoms with Gasteiger partial charge in [0.2, 0.25) is 11.7 Å². The van der Waals surface area contributed by atoms with Crippen molar-refractivity contribution in [3.8, 4) is 0 Å². The zero-order chi connectivity index (χ0) is 14.5. The summed E-state index contributed by atoms with van der Waals surface area (Å²) in [5, 5.41) is 11.9. The van der Waals surface area contributed by atoms with Gasteiger partial charge in [-0.1, -0.05) is 18.2 Å². The van der Waals surface area contributed by atoms with Gasteiger partial charge in [0.25, 0.3) is 0 Å². The van der Waals surface area contributed by atoms with Crippen LogP contribution in [0.15, 0.2) is 40.8 Å². The van der Waals surface area contributed by atoms with Gasteiger partial charge in [-0.3, -0.25) is 4.79 Å². The molecule has 6 heteroatoms. The van der Waals surface area contributed by atoms with E-state index in [4.69, 9.17) is 15.3 Å². The van der Waals surface area contributed by atoms with Gasteiger partial charge in [-0.15, -0.1) is 0 Å². The highest BCUT2D eigenvalue weighted by Gasteiger charge is 2.09. The molecule has 0 fully saturated rings. The number of hydrogen-bond donors (Lipinski definition) is 3. The summed E-state index contributed by atoms with van der Waals surface area (Å²) < 4.78 is 5.13. The predicted molar refractivity (Wildman–Crippen MR) is 72.3 cm³/mol. The molecule has 0 atom stereocenters. The first-order valence-electron chi connectivity index (χ1n) is 5.98. The molecular weight excluding hydrogens is 260 g/mol. The van der Waals surface area contributed by atoms with Gasteiger partial charge in [-0.25, -0.2) is 4.79 Å². The number of hydrogen-bond acceptors (Lipinski definition) is 4. The molecular formula is C14H14N2O4. The number of primary amides is 1. The van der Waals surface area contributed by atoms with Crippen molar-refractivity contribution in [3.63, 3.8) is 0 Å². The number of carbonyl (C=O) groups is 2. The lowest BCUT2D eigenvalue weighted by Gasteiger charge is -2.09. The third-order valence-electron chi connectivity index (χ3n) is 2.71. The van der Waals surface area contributed by atoms with Crippen molar-refractivity contribution >= 4 is 17.6 Å². The number of nitrogens with one attached hydrogen (secondary N) is 1. The molecule has 1 heterocycles. The smallest absolute Gasteiger partial charge is 0.371 e. The highest BCUT2D eigenvalue weighted by Crippen LogP contribution is 2.17. The van der Waals surface area contributed by atoms with Gasteiger partial charge in [-0.2, -0.15) is 0 Å². The molecule has 104 valence electrons. The third kappa shape index (κ3) is 3.38. The van der Waals surface area contributed by atoms with Crippen LogP contribution < -0.4 is 11.1 Å². The maximum atomic E-state index is 11.0. The Balaban J connectivity index is 2.06. The van der Waals surface area contributed by atoms with Crippen molar-refractivity contribution in [1.82, 2.24) is 0 Å². The van der Waals surface area contributed by atoms with Crippen LogP contribution in [0.5, 0.6) is 0 Å². The number of carbonyl (C=O) groups excluding carboxylic acids is 1. The summed E-state index contributed by atoms with van der Waals surface area (Å²) in [6.07, 6.45) is 0.141. The minimum Gasteiger partial charge on any atom is -0.475 e. The monoisotopic (exact) mass is 274 g/mol. The van der Waals surface area contributed by atoms with E-state index in [9.17, 15) is 9.59 Å². The highest BCUT2D eigenvalue weighted by atomic mass is 16.4. The standard InChI is InChI=1S/C14H14N2O4/c15-13(17)7-9-3-1-2-4-11(9)16-8-10-5-6-12(20-10)14(18)19/h1-6,16H,7-8H2,(H2,15,17)(H,18,19). The normalized spacial score (nSPS) is 10.2. The minimum absolute atomic E-state index is 0.104. The van der Waals surface area contributed by atoms with E-state index in [1.165, 1.54) is 6.07 Å². The van der Waals surface area contributed by atoms with Crippen LogP contribution in [0.25, 0.3) is 0 Å².